The van der Waals surface area contributed by atoms with E-state index < -0.39 is 17.9 Å². The summed E-state index contributed by atoms with van der Waals surface area (Å²) in [6, 6.07) is 4.67. The van der Waals surface area contributed by atoms with Crippen LogP contribution in [0.2, 0.25) is 0 Å². The van der Waals surface area contributed by atoms with Gasteiger partial charge in [0, 0.05) is 39.0 Å². The number of carbonyl (C=O) groups excluding carboxylic acids is 3. The summed E-state index contributed by atoms with van der Waals surface area (Å²) in [4.78, 5) is 40.9. The van der Waals surface area contributed by atoms with Crippen LogP contribution >= 0.6 is 12.2 Å². The largest absolute Gasteiger partial charge is 0.456 e. The molecule has 2 saturated heterocycles. The lowest BCUT2D eigenvalue weighted by Crippen LogP contribution is -2.50. The number of hydrogen-bond acceptors (Lipinski definition) is 7. The third-order valence-electron chi connectivity index (χ3n) is 5.94. The second-order valence-electron chi connectivity index (χ2n) is 8.42. The maximum atomic E-state index is 14.9. The number of hydrogen-bond donors (Lipinski definition) is 1. The Bertz CT molecular complexity index is 949. The molecule has 9 nitrogen and oxygen atoms in total. The fourth-order valence-electron chi connectivity index (χ4n) is 3.91. The molecule has 1 aliphatic carbocycles. The molecule has 1 atom stereocenters. The van der Waals surface area contributed by atoms with E-state index in [1.807, 2.05) is 4.90 Å². The van der Waals surface area contributed by atoms with Crippen molar-refractivity contribution in [3.63, 3.8) is 0 Å². The quantitative estimate of drug-likeness (QED) is 0.468. The zero-order valence-corrected chi connectivity index (χ0v) is 19.2. The Kier molecular flexibility index (Phi) is 6.96. The van der Waals surface area contributed by atoms with Crippen LogP contribution < -0.4 is 15.1 Å². The number of nitrogens with zero attached hydrogens (tertiary/aromatic N) is 3. The maximum Gasteiger partial charge on any atom is 0.414 e. The number of thiocarbonyl (C=S) groups is 1. The number of nitrogens with one attached hydrogen (secondary N) is 1. The van der Waals surface area contributed by atoms with Crippen molar-refractivity contribution >= 4 is 46.6 Å². The van der Waals surface area contributed by atoms with Gasteiger partial charge in [0.05, 0.1) is 29.5 Å². The Hall–Kier alpha value is -2.95. The second-order valence-corrected chi connectivity index (χ2v) is 8.86. The Morgan fingerprint density at radius 3 is 2.61 bits per heavy atom. The SMILES string of the molecule is CC(=O)OCC(=O)N1CCN(c2ccc(N3CC(CNC(=S)C4CC4)OC3=O)cc2F)CC1. The molecule has 2 aliphatic heterocycles. The van der Waals surface area contributed by atoms with Crippen molar-refractivity contribution in [2.45, 2.75) is 25.9 Å². The average molecular weight is 479 g/mol. The number of esters is 1. The van der Waals surface area contributed by atoms with Crippen molar-refractivity contribution in [1.29, 1.82) is 0 Å². The van der Waals surface area contributed by atoms with Crippen LogP contribution in [0.5, 0.6) is 0 Å². The van der Waals surface area contributed by atoms with Crippen LogP contribution in [0.4, 0.5) is 20.6 Å². The van der Waals surface area contributed by atoms with E-state index in [-0.39, 0.29) is 18.6 Å². The molecule has 1 saturated carbocycles. The van der Waals surface area contributed by atoms with Gasteiger partial charge in [-0.1, -0.05) is 12.2 Å². The van der Waals surface area contributed by atoms with Gasteiger partial charge in [-0.3, -0.25) is 14.5 Å². The molecule has 33 heavy (non-hydrogen) atoms. The van der Waals surface area contributed by atoms with Gasteiger partial charge in [-0.15, -0.1) is 0 Å². The predicted octanol–water partition coefficient (Wildman–Crippen LogP) is 1.69. The molecule has 4 rings (SSSR count). The van der Waals surface area contributed by atoms with Gasteiger partial charge in [-0.05, 0) is 31.0 Å². The third kappa shape index (κ3) is 5.70. The van der Waals surface area contributed by atoms with Gasteiger partial charge in [0.1, 0.15) is 11.9 Å². The normalized spacial score (nSPS) is 20.5. The topological polar surface area (TPSA) is 91.4 Å². The summed E-state index contributed by atoms with van der Waals surface area (Å²) in [5, 5.41) is 3.16. The van der Waals surface area contributed by atoms with Gasteiger partial charge in [0.15, 0.2) is 6.61 Å². The van der Waals surface area contributed by atoms with Crippen LogP contribution in [0, 0.1) is 11.7 Å². The molecule has 1 aromatic rings. The summed E-state index contributed by atoms with van der Waals surface area (Å²) < 4.78 is 25.1. The van der Waals surface area contributed by atoms with Crippen molar-refractivity contribution in [1.82, 2.24) is 10.2 Å². The number of anilines is 2. The highest BCUT2D eigenvalue weighted by Gasteiger charge is 2.34. The van der Waals surface area contributed by atoms with Gasteiger partial charge in [-0.2, -0.15) is 0 Å². The molecule has 178 valence electrons. The molecular formula is C22H27FN4O5S. The van der Waals surface area contributed by atoms with E-state index in [4.69, 9.17) is 21.7 Å². The number of piperazine rings is 1. The van der Waals surface area contributed by atoms with Crippen LogP contribution in [-0.2, 0) is 19.1 Å². The highest BCUT2D eigenvalue weighted by Crippen LogP contribution is 2.30. The lowest BCUT2D eigenvalue weighted by Gasteiger charge is -2.36. The van der Waals surface area contributed by atoms with Crippen LogP contribution in [0.15, 0.2) is 18.2 Å². The van der Waals surface area contributed by atoms with E-state index in [1.165, 1.54) is 17.9 Å². The average Bonchev–Trinajstić information content (AvgIpc) is 3.58. The minimum Gasteiger partial charge on any atom is -0.456 e. The number of carbonyl (C=O) groups is 3. The van der Waals surface area contributed by atoms with E-state index in [2.05, 4.69) is 5.32 Å². The maximum absolute atomic E-state index is 14.9. The summed E-state index contributed by atoms with van der Waals surface area (Å²) in [6.07, 6.45) is 1.35. The smallest absolute Gasteiger partial charge is 0.414 e. The summed E-state index contributed by atoms with van der Waals surface area (Å²) in [5.41, 5.74) is 0.843. The minimum atomic E-state index is -0.508. The zero-order chi connectivity index (χ0) is 23.5. The van der Waals surface area contributed by atoms with E-state index in [9.17, 15) is 18.8 Å². The molecule has 2 amide bonds. The molecule has 0 radical (unpaired) electrons. The first-order valence-corrected chi connectivity index (χ1v) is 11.4. The first-order chi connectivity index (χ1) is 15.8. The second kappa shape index (κ2) is 9.90. The van der Waals surface area contributed by atoms with E-state index in [1.54, 1.807) is 17.0 Å². The van der Waals surface area contributed by atoms with Crippen LogP contribution in [0.1, 0.15) is 19.8 Å². The third-order valence-corrected chi connectivity index (χ3v) is 6.42. The van der Waals surface area contributed by atoms with Crippen LogP contribution in [0.3, 0.4) is 0 Å². The molecule has 3 aliphatic rings. The Morgan fingerprint density at radius 1 is 1.24 bits per heavy atom. The molecule has 0 aromatic heterocycles. The lowest BCUT2D eigenvalue weighted by molar-refractivity contribution is -0.150. The van der Waals surface area contributed by atoms with Crippen molar-refractivity contribution in [3.05, 3.63) is 24.0 Å². The van der Waals surface area contributed by atoms with Crippen LogP contribution in [0.25, 0.3) is 0 Å². The van der Waals surface area contributed by atoms with Gasteiger partial charge in [0.2, 0.25) is 0 Å². The lowest BCUT2D eigenvalue weighted by atomic mass is 10.2. The number of rotatable bonds is 7. The Labute approximate surface area is 196 Å². The first kappa shape index (κ1) is 23.2. The Morgan fingerprint density at radius 2 is 1.97 bits per heavy atom. The number of ether oxygens (including phenoxy) is 2. The molecular weight excluding hydrogens is 451 g/mol. The number of cyclic esters (lactones) is 1. The highest BCUT2D eigenvalue weighted by atomic mass is 32.1. The standard InChI is InChI=1S/C22H27FN4O5S/c1-14(28)31-13-20(29)26-8-6-25(7-9-26)19-5-4-16(10-18(19)23)27-12-17(32-22(27)30)11-24-21(33)15-2-3-15/h4-5,10,15,17H,2-3,6-9,11-13H2,1H3,(H,24,33). The van der Waals surface area contributed by atoms with Gasteiger partial charge >= 0.3 is 12.1 Å². The monoisotopic (exact) mass is 478 g/mol. The first-order valence-electron chi connectivity index (χ1n) is 11.0. The Balaban J connectivity index is 1.31. The number of amides is 2. The minimum absolute atomic E-state index is 0.268. The molecule has 3 fully saturated rings. The van der Waals surface area contributed by atoms with Crippen LogP contribution in [-0.4, -0.2) is 79.8 Å². The highest BCUT2D eigenvalue weighted by molar-refractivity contribution is 7.80. The van der Waals surface area contributed by atoms with Gasteiger partial charge < -0.3 is 24.6 Å². The molecule has 1 unspecified atom stereocenters. The van der Waals surface area contributed by atoms with E-state index in [0.717, 1.165) is 17.8 Å². The molecule has 1 N–H and O–H groups in total. The molecule has 1 aromatic carbocycles. The zero-order valence-electron chi connectivity index (χ0n) is 18.4. The summed E-state index contributed by atoms with van der Waals surface area (Å²) in [5.74, 6) is -0.773. The van der Waals surface area contributed by atoms with Crippen molar-refractivity contribution in [3.8, 4) is 0 Å². The van der Waals surface area contributed by atoms with E-state index in [0.29, 0.717) is 56.6 Å². The molecule has 0 spiro atoms. The molecule has 0 bridgehead atoms. The van der Waals surface area contributed by atoms with E-state index >= 15 is 0 Å². The van der Waals surface area contributed by atoms with Crippen molar-refractivity contribution in [2.75, 3.05) is 55.7 Å². The fraction of sp³-hybridized carbons (Fsp3) is 0.545. The number of benzene rings is 1. The van der Waals surface area contributed by atoms with Crippen molar-refractivity contribution < 1.29 is 28.2 Å². The fourth-order valence-corrected chi connectivity index (χ4v) is 4.23. The summed E-state index contributed by atoms with van der Waals surface area (Å²) in [6.45, 7) is 3.42. The van der Waals surface area contributed by atoms with Crippen molar-refractivity contribution in [2.24, 2.45) is 5.92 Å². The predicted molar refractivity (Wildman–Crippen MR) is 123 cm³/mol. The number of halogens is 1. The summed E-state index contributed by atoms with van der Waals surface area (Å²) in [7, 11) is 0. The molecule has 11 heteroatoms. The van der Waals surface area contributed by atoms with Gasteiger partial charge in [0.25, 0.3) is 5.91 Å². The molecule has 2 heterocycles. The summed E-state index contributed by atoms with van der Waals surface area (Å²) >= 11 is 5.30. The van der Waals surface area contributed by atoms with Gasteiger partial charge in [-0.25, -0.2) is 9.18 Å².